The molecule has 2 N–H and O–H groups in total. The number of amides is 2. The molecule has 2 amide bonds. The zero-order valence-corrected chi connectivity index (χ0v) is 9.26. The number of nitrogens with one attached hydrogen (secondary N) is 2. The number of hydrogen-bond acceptors (Lipinski definition) is 3. The average molecular weight is 214 g/mol. The monoisotopic (exact) mass is 214 g/mol. The molecule has 0 heterocycles. The SMILES string of the molecule is CCOC(=O)CNC(=O)NC1(C)CCC1. The molecular formula is C10H18N2O3. The molecule has 0 unspecified atom stereocenters. The first kappa shape index (κ1) is 11.8. The van der Waals surface area contributed by atoms with E-state index in [-0.39, 0.29) is 18.1 Å². The number of carbonyl (C=O) groups is 2. The maximum atomic E-state index is 11.3. The van der Waals surface area contributed by atoms with Gasteiger partial charge < -0.3 is 15.4 Å². The van der Waals surface area contributed by atoms with Crippen LogP contribution in [0.3, 0.4) is 0 Å². The van der Waals surface area contributed by atoms with Crippen LogP contribution >= 0.6 is 0 Å². The molecule has 0 aliphatic heterocycles. The summed E-state index contributed by atoms with van der Waals surface area (Å²) >= 11 is 0. The molecule has 5 nitrogen and oxygen atoms in total. The molecule has 0 aromatic heterocycles. The molecule has 5 heteroatoms. The van der Waals surface area contributed by atoms with E-state index in [0.29, 0.717) is 6.61 Å². The highest BCUT2D eigenvalue weighted by atomic mass is 16.5. The Balaban J connectivity index is 2.16. The van der Waals surface area contributed by atoms with Gasteiger partial charge >= 0.3 is 12.0 Å². The van der Waals surface area contributed by atoms with Crippen LogP contribution in [-0.2, 0) is 9.53 Å². The third-order valence-corrected chi connectivity index (χ3v) is 2.57. The molecule has 1 aliphatic carbocycles. The topological polar surface area (TPSA) is 67.4 Å². The van der Waals surface area contributed by atoms with E-state index in [2.05, 4.69) is 15.4 Å². The summed E-state index contributed by atoms with van der Waals surface area (Å²) in [5.74, 6) is -0.411. The highest BCUT2D eigenvalue weighted by molar-refractivity contribution is 5.81. The zero-order chi connectivity index (χ0) is 11.3. The molecular weight excluding hydrogens is 196 g/mol. The van der Waals surface area contributed by atoms with Crippen LogP contribution < -0.4 is 10.6 Å². The Morgan fingerprint density at radius 2 is 2.07 bits per heavy atom. The molecule has 0 saturated heterocycles. The van der Waals surface area contributed by atoms with Crippen molar-refractivity contribution in [3.63, 3.8) is 0 Å². The van der Waals surface area contributed by atoms with Crippen LogP contribution in [-0.4, -0.2) is 30.7 Å². The van der Waals surface area contributed by atoms with Gasteiger partial charge in [0, 0.05) is 5.54 Å². The van der Waals surface area contributed by atoms with Gasteiger partial charge in [0.1, 0.15) is 6.54 Å². The maximum Gasteiger partial charge on any atom is 0.325 e. The van der Waals surface area contributed by atoms with E-state index in [9.17, 15) is 9.59 Å². The average Bonchev–Trinajstić information content (AvgIpc) is 2.13. The fourth-order valence-corrected chi connectivity index (χ4v) is 1.51. The summed E-state index contributed by atoms with van der Waals surface area (Å²) in [4.78, 5) is 22.3. The molecule has 15 heavy (non-hydrogen) atoms. The molecule has 1 saturated carbocycles. The summed E-state index contributed by atoms with van der Waals surface area (Å²) < 4.78 is 4.68. The Labute approximate surface area is 89.6 Å². The fourth-order valence-electron chi connectivity index (χ4n) is 1.51. The summed E-state index contributed by atoms with van der Waals surface area (Å²) in [5, 5.41) is 5.30. The molecule has 0 atom stereocenters. The van der Waals surface area contributed by atoms with Gasteiger partial charge in [0.25, 0.3) is 0 Å². The van der Waals surface area contributed by atoms with E-state index in [1.165, 1.54) is 0 Å². The summed E-state index contributed by atoms with van der Waals surface area (Å²) in [7, 11) is 0. The van der Waals surface area contributed by atoms with Gasteiger partial charge in [-0.2, -0.15) is 0 Å². The molecule has 1 fully saturated rings. The molecule has 0 aromatic carbocycles. The molecule has 0 bridgehead atoms. The Bertz CT molecular complexity index is 249. The van der Waals surface area contributed by atoms with Crippen molar-refractivity contribution < 1.29 is 14.3 Å². The van der Waals surface area contributed by atoms with Crippen LogP contribution in [0.4, 0.5) is 4.79 Å². The van der Waals surface area contributed by atoms with Gasteiger partial charge in [0.05, 0.1) is 6.61 Å². The van der Waals surface area contributed by atoms with E-state index >= 15 is 0 Å². The van der Waals surface area contributed by atoms with Gasteiger partial charge in [-0.25, -0.2) is 4.79 Å². The number of rotatable bonds is 4. The lowest BCUT2D eigenvalue weighted by molar-refractivity contribution is -0.141. The Hall–Kier alpha value is -1.26. The van der Waals surface area contributed by atoms with Crippen molar-refractivity contribution in [3.05, 3.63) is 0 Å². The lowest BCUT2D eigenvalue weighted by Gasteiger charge is -2.38. The maximum absolute atomic E-state index is 11.3. The molecule has 0 radical (unpaired) electrons. The van der Waals surface area contributed by atoms with E-state index in [1.807, 2.05) is 6.92 Å². The largest absolute Gasteiger partial charge is 0.465 e. The predicted molar refractivity (Wildman–Crippen MR) is 55.4 cm³/mol. The Morgan fingerprint density at radius 3 is 2.53 bits per heavy atom. The quantitative estimate of drug-likeness (QED) is 0.680. The third-order valence-electron chi connectivity index (χ3n) is 2.57. The highest BCUT2D eigenvalue weighted by Gasteiger charge is 2.33. The first-order chi connectivity index (χ1) is 7.06. The summed E-state index contributed by atoms with van der Waals surface area (Å²) in [6.45, 7) is 3.99. The summed E-state index contributed by atoms with van der Waals surface area (Å²) in [6.07, 6.45) is 3.15. The normalized spacial score (nSPS) is 17.5. The minimum atomic E-state index is -0.411. The number of hydrogen-bond donors (Lipinski definition) is 2. The smallest absolute Gasteiger partial charge is 0.325 e. The summed E-state index contributed by atoms with van der Waals surface area (Å²) in [6, 6.07) is -0.301. The number of esters is 1. The van der Waals surface area contributed by atoms with Crippen LogP contribution in [0.1, 0.15) is 33.1 Å². The first-order valence-electron chi connectivity index (χ1n) is 5.27. The number of ether oxygens (including phenoxy) is 1. The minimum absolute atomic E-state index is 0.0737. The van der Waals surface area contributed by atoms with Gasteiger partial charge in [-0.15, -0.1) is 0 Å². The predicted octanol–water partition coefficient (Wildman–Crippen LogP) is 0.791. The van der Waals surface area contributed by atoms with Crippen molar-refractivity contribution >= 4 is 12.0 Å². The van der Waals surface area contributed by atoms with E-state index in [0.717, 1.165) is 19.3 Å². The van der Waals surface area contributed by atoms with Gasteiger partial charge in [-0.1, -0.05) is 0 Å². The highest BCUT2D eigenvalue weighted by Crippen LogP contribution is 2.30. The van der Waals surface area contributed by atoms with E-state index in [1.54, 1.807) is 6.92 Å². The Morgan fingerprint density at radius 1 is 1.40 bits per heavy atom. The van der Waals surface area contributed by atoms with Crippen molar-refractivity contribution in [2.75, 3.05) is 13.2 Å². The van der Waals surface area contributed by atoms with Crippen molar-refractivity contribution in [3.8, 4) is 0 Å². The van der Waals surface area contributed by atoms with Crippen molar-refractivity contribution in [1.29, 1.82) is 0 Å². The molecule has 1 aliphatic rings. The number of urea groups is 1. The minimum Gasteiger partial charge on any atom is -0.465 e. The van der Waals surface area contributed by atoms with Gasteiger partial charge in [-0.05, 0) is 33.1 Å². The van der Waals surface area contributed by atoms with Crippen LogP contribution in [0.5, 0.6) is 0 Å². The standard InChI is InChI=1S/C10H18N2O3/c1-3-15-8(13)7-11-9(14)12-10(2)5-4-6-10/h3-7H2,1-2H3,(H2,11,12,14). The van der Waals surface area contributed by atoms with Crippen LogP contribution in [0.15, 0.2) is 0 Å². The van der Waals surface area contributed by atoms with E-state index in [4.69, 9.17) is 0 Å². The molecule has 0 aromatic rings. The van der Waals surface area contributed by atoms with E-state index < -0.39 is 5.97 Å². The molecule has 0 spiro atoms. The Kier molecular flexibility index (Phi) is 3.94. The zero-order valence-electron chi connectivity index (χ0n) is 9.26. The second-order valence-corrected chi connectivity index (χ2v) is 4.03. The van der Waals surface area contributed by atoms with Crippen LogP contribution in [0.2, 0.25) is 0 Å². The lowest BCUT2D eigenvalue weighted by Crippen LogP contribution is -2.54. The van der Waals surface area contributed by atoms with Crippen molar-refractivity contribution in [2.24, 2.45) is 0 Å². The van der Waals surface area contributed by atoms with Gasteiger partial charge in [-0.3, -0.25) is 4.79 Å². The number of carbonyl (C=O) groups excluding carboxylic acids is 2. The van der Waals surface area contributed by atoms with Gasteiger partial charge in [0.15, 0.2) is 0 Å². The van der Waals surface area contributed by atoms with Crippen molar-refractivity contribution in [1.82, 2.24) is 10.6 Å². The van der Waals surface area contributed by atoms with Crippen LogP contribution in [0.25, 0.3) is 0 Å². The summed E-state index contributed by atoms with van der Waals surface area (Å²) in [5.41, 5.74) is -0.0846. The molecule has 86 valence electrons. The second kappa shape index (κ2) is 5.00. The fraction of sp³-hybridized carbons (Fsp3) is 0.800. The molecule has 1 rings (SSSR count). The van der Waals surface area contributed by atoms with Crippen molar-refractivity contribution in [2.45, 2.75) is 38.6 Å². The second-order valence-electron chi connectivity index (χ2n) is 4.03. The first-order valence-corrected chi connectivity index (χ1v) is 5.27. The lowest BCUT2D eigenvalue weighted by atomic mass is 9.79. The third kappa shape index (κ3) is 3.77. The van der Waals surface area contributed by atoms with Gasteiger partial charge in [0.2, 0.25) is 0 Å². The van der Waals surface area contributed by atoms with Crippen LogP contribution in [0, 0.1) is 0 Å².